The zero-order valence-corrected chi connectivity index (χ0v) is 17.8. The highest BCUT2D eigenvalue weighted by Gasteiger charge is 2.38. The summed E-state index contributed by atoms with van der Waals surface area (Å²) in [7, 11) is 1.18. The smallest absolute Gasteiger partial charge is 0.410 e. The molecule has 2 aromatic carbocycles. The predicted octanol–water partition coefficient (Wildman–Crippen LogP) is 2.05. The Balaban J connectivity index is 1.43. The first kappa shape index (κ1) is 21.8. The number of nitrogens with one attached hydrogen (secondary N) is 1. The second-order valence-corrected chi connectivity index (χ2v) is 7.92. The van der Waals surface area contributed by atoms with Crippen LogP contribution in [0.4, 0.5) is 4.79 Å². The number of fused-ring (bicyclic) bond motifs is 3. The Kier molecular flexibility index (Phi) is 6.41. The van der Waals surface area contributed by atoms with E-state index in [2.05, 4.69) is 22.2 Å². The van der Waals surface area contributed by atoms with Crippen molar-refractivity contribution in [2.45, 2.75) is 30.8 Å². The summed E-state index contributed by atoms with van der Waals surface area (Å²) in [6.45, 7) is -0.0357. The van der Waals surface area contributed by atoms with Gasteiger partial charge < -0.3 is 19.9 Å². The number of esters is 1. The van der Waals surface area contributed by atoms with Gasteiger partial charge in [-0.3, -0.25) is 9.69 Å². The molecule has 1 heterocycles. The molecule has 2 aliphatic rings. The lowest BCUT2D eigenvalue weighted by atomic mass is 9.98. The molecule has 8 nitrogen and oxygen atoms in total. The summed E-state index contributed by atoms with van der Waals surface area (Å²) in [5.74, 6) is -1.33. The molecule has 1 saturated heterocycles. The van der Waals surface area contributed by atoms with Crippen LogP contribution in [-0.4, -0.2) is 66.9 Å². The molecule has 1 aliphatic carbocycles. The minimum atomic E-state index is -1.17. The standard InChI is InChI=1S/C24H26N2O6/c1-31-23(29)20(13-27)25-22(28)21-11-6-12-26(21)24(30)32-14-19-17-9-4-2-7-15(17)16-8-3-5-10-18(16)19/h2-5,7-10,19-21,27H,6,11-14H2,1H3,(H,25,28)/t20-,21-/m0/s1. The molecule has 0 radical (unpaired) electrons. The van der Waals surface area contributed by atoms with Gasteiger partial charge >= 0.3 is 12.1 Å². The number of benzene rings is 2. The maximum absolute atomic E-state index is 12.9. The van der Waals surface area contributed by atoms with Crippen LogP contribution in [-0.2, 0) is 19.1 Å². The third-order valence-electron chi connectivity index (χ3n) is 6.11. The number of rotatable bonds is 6. The van der Waals surface area contributed by atoms with E-state index in [1.807, 2.05) is 36.4 Å². The van der Waals surface area contributed by atoms with Crippen LogP contribution in [0.2, 0.25) is 0 Å². The van der Waals surface area contributed by atoms with Crippen molar-refractivity contribution in [2.24, 2.45) is 0 Å². The van der Waals surface area contributed by atoms with E-state index in [-0.39, 0.29) is 12.5 Å². The lowest BCUT2D eigenvalue weighted by Gasteiger charge is -2.25. The van der Waals surface area contributed by atoms with Crippen molar-refractivity contribution < 1.29 is 29.0 Å². The highest BCUT2D eigenvalue weighted by molar-refractivity contribution is 5.90. The zero-order valence-electron chi connectivity index (χ0n) is 17.8. The Labute approximate surface area is 186 Å². The Morgan fingerprint density at radius 2 is 1.72 bits per heavy atom. The number of amides is 2. The number of nitrogens with zero attached hydrogens (tertiary/aromatic N) is 1. The van der Waals surface area contributed by atoms with Gasteiger partial charge in [-0.15, -0.1) is 0 Å². The van der Waals surface area contributed by atoms with Crippen molar-refractivity contribution in [1.29, 1.82) is 0 Å². The number of ether oxygens (including phenoxy) is 2. The van der Waals surface area contributed by atoms with Gasteiger partial charge in [0.1, 0.15) is 12.6 Å². The van der Waals surface area contributed by atoms with Gasteiger partial charge in [0.25, 0.3) is 0 Å². The third-order valence-corrected chi connectivity index (χ3v) is 6.11. The highest BCUT2D eigenvalue weighted by atomic mass is 16.6. The molecule has 2 atom stereocenters. The lowest BCUT2D eigenvalue weighted by molar-refractivity contribution is -0.146. The van der Waals surface area contributed by atoms with Crippen LogP contribution in [0.5, 0.6) is 0 Å². The van der Waals surface area contributed by atoms with Crippen LogP contribution in [0.25, 0.3) is 11.1 Å². The van der Waals surface area contributed by atoms with Crippen molar-refractivity contribution >= 4 is 18.0 Å². The number of hydrogen-bond donors (Lipinski definition) is 2. The van der Waals surface area contributed by atoms with Crippen molar-refractivity contribution in [3.05, 3.63) is 59.7 Å². The van der Waals surface area contributed by atoms with Gasteiger partial charge in [0.2, 0.25) is 5.91 Å². The van der Waals surface area contributed by atoms with Crippen LogP contribution >= 0.6 is 0 Å². The van der Waals surface area contributed by atoms with E-state index >= 15 is 0 Å². The number of carbonyl (C=O) groups excluding carboxylic acids is 3. The van der Waals surface area contributed by atoms with Gasteiger partial charge in [-0.05, 0) is 35.1 Å². The SMILES string of the molecule is COC(=O)[C@H](CO)NC(=O)[C@@H]1CCCN1C(=O)OCC1c2ccccc2-c2ccccc21. The highest BCUT2D eigenvalue weighted by Crippen LogP contribution is 2.44. The summed E-state index contributed by atoms with van der Waals surface area (Å²) >= 11 is 0. The monoisotopic (exact) mass is 438 g/mol. The fourth-order valence-electron chi connectivity index (χ4n) is 4.52. The minimum absolute atomic E-state index is 0.0701. The van der Waals surface area contributed by atoms with Crippen LogP contribution in [0.3, 0.4) is 0 Å². The molecule has 2 aromatic rings. The Morgan fingerprint density at radius 3 is 2.31 bits per heavy atom. The number of likely N-dealkylation sites (tertiary alicyclic amines) is 1. The van der Waals surface area contributed by atoms with Crippen LogP contribution < -0.4 is 5.32 Å². The van der Waals surface area contributed by atoms with E-state index in [0.717, 1.165) is 22.3 Å². The number of methoxy groups -OCH3 is 1. The summed E-state index contributed by atoms with van der Waals surface area (Å²) in [4.78, 5) is 38.6. The van der Waals surface area contributed by atoms with Gasteiger partial charge in [0.15, 0.2) is 6.04 Å². The Bertz CT molecular complexity index is 978. The maximum atomic E-state index is 12.9. The van der Waals surface area contributed by atoms with Crippen molar-refractivity contribution in [1.82, 2.24) is 10.2 Å². The number of aliphatic hydroxyl groups is 1. The molecule has 2 amide bonds. The third kappa shape index (κ3) is 4.05. The lowest BCUT2D eigenvalue weighted by Crippen LogP contribution is -2.52. The number of hydrogen-bond acceptors (Lipinski definition) is 6. The summed E-state index contributed by atoms with van der Waals surface area (Å²) in [5, 5.41) is 11.8. The molecule has 0 saturated carbocycles. The first-order valence-corrected chi connectivity index (χ1v) is 10.7. The molecule has 168 valence electrons. The fourth-order valence-corrected chi connectivity index (χ4v) is 4.52. The molecule has 1 fully saturated rings. The second-order valence-electron chi connectivity index (χ2n) is 7.92. The molecule has 4 rings (SSSR count). The Hall–Kier alpha value is -3.39. The van der Waals surface area contributed by atoms with Crippen LogP contribution in [0.1, 0.15) is 29.9 Å². The average Bonchev–Trinajstić information content (AvgIpc) is 3.44. The molecule has 1 aliphatic heterocycles. The number of aliphatic hydroxyl groups excluding tert-OH is 1. The van der Waals surface area contributed by atoms with E-state index in [1.54, 1.807) is 0 Å². The van der Waals surface area contributed by atoms with Crippen LogP contribution in [0.15, 0.2) is 48.5 Å². The van der Waals surface area contributed by atoms with E-state index in [9.17, 15) is 19.5 Å². The van der Waals surface area contributed by atoms with Gasteiger partial charge in [-0.2, -0.15) is 0 Å². The predicted molar refractivity (Wildman–Crippen MR) is 116 cm³/mol. The van der Waals surface area contributed by atoms with Gasteiger partial charge in [-0.25, -0.2) is 9.59 Å². The first-order chi connectivity index (χ1) is 15.5. The van der Waals surface area contributed by atoms with E-state index in [1.165, 1.54) is 12.0 Å². The molecule has 32 heavy (non-hydrogen) atoms. The molecule has 0 aromatic heterocycles. The summed E-state index contributed by atoms with van der Waals surface area (Å²) < 4.78 is 10.2. The minimum Gasteiger partial charge on any atom is -0.467 e. The zero-order chi connectivity index (χ0) is 22.7. The van der Waals surface area contributed by atoms with Crippen molar-refractivity contribution in [2.75, 3.05) is 26.9 Å². The van der Waals surface area contributed by atoms with E-state index in [4.69, 9.17) is 4.74 Å². The summed E-state index contributed by atoms with van der Waals surface area (Å²) in [6, 6.07) is 14.2. The fraction of sp³-hybridized carbons (Fsp3) is 0.375. The van der Waals surface area contributed by atoms with Gasteiger partial charge in [0, 0.05) is 12.5 Å². The maximum Gasteiger partial charge on any atom is 0.410 e. The molecule has 0 unspecified atom stereocenters. The average molecular weight is 438 g/mol. The van der Waals surface area contributed by atoms with Crippen molar-refractivity contribution in [3.8, 4) is 11.1 Å². The Morgan fingerprint density at radius 1 is 1.09 bits per heavy atom. The molecular weight excluding hydrogens is 412 g/mol. The normalized spacial score (nSPS) is 17.9. The molecule has 8 heteroatoms. The first-order valence-electron chi connectivity index (χ1n) is 10.7. The summed E-state index contributed by atoms with van der Waals surface area (Å²) in [6.07, 6.45) is 0.530. The van der Waals surface area contributed by atoms with Crippen molar-refractivity contribution in [3.63, 3.8) is 0 Å². The quantitative estimate of drug-likeness (QED) is 0.669. The largest absolute Gasteiger partial charge is 0.467 e. The topological polar surface area (TPSA) is 105 Å². The van der Waals surface area contributed by atoms with Gasteiger partial charge in [0.05, 0.1) is 13.7 Å². The second kappa shape index (κ2) is 9.40. The van der Waals surface area contributed by atoms with E-state index in [0.29, 0.717) is 19.4 Å². The summed E-state index contributed by atoms with van der Waals surface area (Å²) in [5.41, 5.74) is 4.50. The molecule has 2 N–H and O–H groups in total. The molecular formula is C24H26N2O6. The molecule has 0 spiro atoms. The van der Waals surface area contributed by atoms with Gasteiger partial charge in [-0.1, -0.05) is 48.5 Å². The van der Waals surface area contributed by atoms with Crippen LogP contribution in [0, 0.1) is 0 Å². The van der Waals surface area contributed by atoms with E-state index < -0.39 is 36.7 Å². The number of carbonyl (C=O) groups is 3. The molecule has 0 bridgehead atoms.